The van der Waals surface area contributed by atoms with Gasteiger partial charge >= 0.3 is 6.18 Å². The maximum atomic E-state index is 15.4. The van der Waals surface area contributed by atoms with E-state index in [1.807, 2.05) is 0 Å². The average molecular weight is 944 g/mol. The van der Waals surface area contributed by atoms with Crippen LogP contribution in [0.25, 0.3) is 0 Å². The molecule has 0 saturated heterocycles. The van der Waals surface area contributed by atoms with Gasteiger partial charge in [0.2, 0.25) is 5.78 Å². The summed E-state index contributed by atoms with van der Waals surface area (Å²) in [4.78, 5) is 11.6. The third kappa shape index (κ3) is 7.97. The Morgan fingerprint density at radius 3 is 0.774 bits per heavy atom. The molecule has 5 aromatic rings. The van der Waals surface area contributed by atoms with Crippen LogP contribution in [-0.2, 0) is 20.3 Å². The summed E-state index contributed by atoms with van der Waals surface area (Å²) in [5.74, 6) is -72.0. The van der Waals surface area contributed by atoms with Crippen molar-refractivity contribution in [1.29, 1.82) is 0 Å². The van der Waals surface area contributed by atoms with Gasteiger partial charge in [-0.2, -0.15) is 13.2 Å². The molecule has 0 aliphatic heterocycles. The molecule has 0 fully saturated rings. The first kappa shape index (κ1) is 49.0. The van der Waals surface area contributed by atoms with Crippen LogP contribution in [-0.4, -0.2) is 30.2 Å². The van der Waals surface area contributed by atoms with Crippen molar-refractivity contribution in [1.82, 2.24) is 0 Å². The summed E-state index contributed by atoms with van der Waals surface area (Å²) < 4.78 is 342. The lowest BCUT2D eigenvalue weighted by molar-refractivity contribution is -0.137. The first-order valence-electron chi connectivity index (χ1n) is 15.7. The minimum Gasteiger partial charge on any atom is -0.289 e. The molecule has 334 valence electrons. The highest BCUT2D eigenvalue weighted by molar-refractivity contribution is 8.02. The van der Waals surface area contributed by atoms with Gasteiger partial charge in [-0.1, -0.05) is 12.1 Å². The van der Waals surface area contributed by atoms with Gasteiger partial charge < -0.3 is 0 Å². The molecule has 0 unspecified atom stereocenters. The van der Waals surface area contributed by atoms with E-state index in [9.17, 15) is 74.9 Å². The second-order valence-corrected chi connectivity index (χ2v) is 16.0. The molecule has 0 bridgehead atoms. The first-order chi connectivity index (χ1) is 28.3. The molecule has 5 rings (SSSR count). The largest absolute Gasteiger partial charge is 0.416 e. The quantitative estimate of drug-likeness (QED) is 0.0410. The second-order valence-electron chi connectivity index (χ2n) is 12.9. The summed E-state index contributed by atoms with van der Waals surface area (Å²) >= 11 is 0. The normalized spacial score (nSPS) is 12.1. The second kappa shape index (κ2) is 16.9. The van der Waals surface area contributed by atoms with Crippen LogP contribution in [0.4, 0.5) is 101 Å². The lowest BCUT2D eigenvalue weighted by Crippen LogP contribution is -2.81. The highest BCUT2D eigenvalue weighted by Crippen LogP contribution is 2.32. The standard InChI is InChI=1S/C24BF20.C11H12F3O2S/c26-5-1(6(27)14(35)21(42)13(5)34)25(2-7(28)15(36)22(43)16(37)8(2)29,3-9(30)17(38)23(44)18(39)10(3)31)4-11(32)19(40)24(45)20(41)12(4)33;1-17(2,16)7-10(15)8-3-5-9(6-4-8)11(12,13)14/h;3-6H,7H2,1-2H3/q-1;+1. The minimum atomic E-state index is -7.22. The molecule has 0 amide bonds. The first-order valence-corrected chi connectivity index (χ1v) is 18.2. The number of carbonyl (C=O) groups excluding carboxylic acids is 1. The van der Waals surface area contributed by atoms with E-state index in [0.29, 0.717) is 0 Å². The van der Waals surface area contributed by atoms with Crippen LogP contribution in [0, 0.1) is 116 Å². The van der Waals surface area contributed by atoms with E-state index in [-0.39, 0.29) is 11.3 Å². The van der Waals surface area contributed by atoms with Crippen molar-refractivity contribution in [2.45, 2.75) is 6.18 Å². The van der Waals surface area contributed by atoms with E-state index in [0.717, 1.165) is 24.3 Å². The molecule has 0 saturated carbocycles. The Morgan fingerprint density at radius 2 is 0.597 bits per heavy atom. The highest BCUT2D eigenvalue weighted by Gasteiger charge is 2.52. The lowest BCUT2D eigenvalue weighted by atomic mass is 9.12. The van der Waals surface area contributed by atoms with Crippen LogP contribution in [0.15, 0.2) is 24.3 Å². The molecule has 0 heterocycles. The summed E-state index contributed by atoms with van der Waals surface area (Å²) in [7, 11) is -2.23. The number of rotatable bonds is 7. The Bertz CT molecular complexity index is 2330. The zero-order chi connectivity index (χ0) is 47.6. The van der Waals surface area contributed by atoms with Crippen LogP contribution in [0.3, 0.4) is 0 Å². The lowest BCUT2D eigenvalue weighted by Gasteiger charge is -2.44. The van der Waals surface area contributed by atoms with E-state index in [1.54, 1.807) is 0 Å². The number of Topliss-reactive ketones (excluding diaryl/α,β-unsaturated/α-hetero) is 1. The predicted octanol–water partition coefficient (Wildman–Crippen LogP) is 8.49. The fourth-order valence-corrected chi connectivity index (χ4v) is 6.92. The molecule has 62 heavy (non-hydrogen) atoms. The third-order valence-electron chi connectivity index (χ3n) is 8.72. The number of halogens is 23. The van der Waals surface area contributed by atoms with Gasteiger partial charge in [0.05, 0.1) is 15.5 Å². The van der Waals surface area contributed by atoms with Crippen molar-refractivity contribution in [2.75, 3.05) is 18.3 Å². The summed E-state index contributed by atoms with van der Waals surface area (Å²) in [6.45, 7) is 0. The molecule has 0 N–H and O–H groups in total. The topological polar surface area (TPSA) is 34.1 Å². The van der Waals surface area contributed by atoms with Gasteiger partial charge in [0.15, 0.2) is 75.6 Å². The van der Waals surface area contributed by atoms with Gasteiger partial charge in [0.1, 0.15) is 65.2 Å². The van der Waals surface area contributed by atoms with Gasteiger partial charge in [0, 0.05) is 5.56 Å². The third-order valence-corrected chi connectivity index (χ3v) is 9.68. The van der Waals surface area contributed by atoms with Gasteiger partial charge in [-0.3, -0.25) is 4.79 Å². The number of benzene rings is 5. The van der Waals surface area contributed by atoms with Crippen LogP contribution in [0.1, 0.15) is 15.9 Å². The number of ketones is 1. The van der Waals surface area contributed by atoms with Gasteiger partial charge in [0.25, 0.3) is 0 Å². The SMILES string of the molecule is C[S+](C)(=O)CC(=O)c1ccc(C(F)(F)F)cc1.Fc1c(F)c(F)c([B-](c2c(F)c(F)c(F)c(F)c2F)(c2c(F)c(F)c(F)c(F)c2F)c2c(F)c(F)c(F)c(F)c2F)c(F)c1F. The van der Waals surface area contributed by atoms with E-state index in [2.05, 4.69) is 0 Å². The Kier molecular flexibility index (Phi) is 13.4. The summed E-state index contributed by atoms with van der Waals surface area (Å²) in [6.07, 6.45) is -8.75. The van der Waals surface area contributed by atoms with Crippen LogP contribution in [0.5, 0.6) is 0 Å². The molecule has 0 aliphatic carbocycles. The highest BCUT2D eigenvalue weighted by atomic mass is 32.2. The molecule has 0 aliphatic rings. The smallest absolute Gasteiger partial charge is 0.289 e. The number of hydrogen-bond acceptors (Lipinski definition) is 2. The minimum absolute atomic E-state index is 0.148. The van der Waals surface area contributed by atoms with Crippen LogP contribution >= 0.6 is 0 Å². The molecule has 5 aromatic carbocycles. The van der Waals surface area contributed by atoms with E-state index in [1.165, 1.54) is 12.5 Å². The van der Waals surface area contributed by atoms with E-state index in [4.69, 9.17) is 0 Å². The van der Waals surface area contributed by atoms with E-state index >= 15 is 35.1 Å². The van der Waals surface area contributed by atoms with Gasteiger partial charge in [-0.25, -0.2) is 87.8 Å². The fraction of sp³-hybridized carbons (Fsp3) is 0.114. The molecule has 2 nitrogen and oxygen atoms in total. The molecule has 0 atom stereocenters. The maximum absolute atomic E-state index is 15.4. The number of alkyl halides is 3. The fourth-order valence-electron chi connectivity index (χ4n) is 6.12. The van der Waals surface area contributed by atoms with Crippen molar-refractivity contribution >= 4 is 43.7 Å². The van der Waals surface area contributed by atoms with Crippen molar-refractivity contribution < 1.29 is 110 Å². The Labute approximate surface area is 329 Å². The molecule has 0 radical (unpaired) electrons. The Balaban J connectivity index is 0.000000416. The van der Waals surface area contributed by atoms with Gasteiger partial charge in [-0.05, 0) is 12.1 Å². The molecular weight excluding hydrogens is 932 g/mol. The maximum Gasteiger partial charge on any atom is 0.416 e. The number of hydrogen-bond donors (Lipinski definition) is 0. The van der Waals surface area contributed by atoms with E-state index < -0.39 is 172 Å². The van der Waals surface area contributed by atoms with Gasteiger partial charge in [-0.15, -0.1) is 26.1 Å². The zero-order valence-corrected chi connectivity index (χ0v) is 30.3. The summed E-state index contributed by atoms with van der Waals surface area (Å²) in [6, 6.07) is 3.91. The molecule has 0 aromatic heterocycles. The average Bonchev–Trinajstić information content (AvgIpc) is 3.20. The van der Waals surface area contributed by atoms with Crippen molar-refractivity contribution in [3.8, 4) is 0 Å². The number of carbonyl (C=O) groups is 1. The zero-order valence-electron chi connectivity index (χ0n) is 29.5. The van der Waals surface area contributed by atoms with Crippen molar-refractivity contribution in [3.63, 3.8) is 0 Å². The Hall–Kier alpha value is -5.63. The monoisotopic (exact) mass is 944 g/mol. The predicted molar refractivity (Wildman–Crippen MR) is 170 cm³/mol. The summed E-state index contributed by atoms with van der Waals surface area (Å²) in [5, 5.41) is 0. The van der Waals surface area contributed by atoms with Crippen LogP contribution < -0.4 is 21.9 Å². The van der Waals surface area contributed by atoms with Crippen molar-refractivity contribution in [3.05, 3.63) is 152 Å². The van der Waals surface area contributed by atoms with Crippen molar-refractivity contribution in [2.24, 2.45) is 0 Å². The summed E-state index contributed by atoms with van der Waals surface area (Å²) in [5.41, 5.74) is -15.0. The molecular formula is C35H12BF23O2S. The van der Waals surface area contributed by atoms with Crippen LogP contribution in [0.2, 0.25) is 0 Å². The molecule has 27 heteroatoms. The molecule has 0 spiro atoms. The Morgan fingerprint density at radius 1 is 0.403 bits per heavy atom.